The van der Waals surface area contributed by atoms with Gasteiger partial charge in [-0.3, -0.25) is 4.79 Å². The molecule has 2 saturated heterocycles. The van der Waals surface area contributed by atoms with E-state index in [9.17, 15) is 9.59 Å². The van der Waals surface area contributed by atoms with Crippen molar-refractivity contribution in [3.8, 4) is 11.1 Å². The summed E-state index contributed by atoms with van der Waals surface area (Å²) in [7, 11) is 0. The minimum Gasteiger partial charge on any atom is -0.422 e. The highest BCUT2D eigenvalue weighted by Crippen LogP contribution is 2.37. The zero-order valence-electron chi connectivity index (χ0n) is 15.5. The lowest BCUT2D eigenvalue weighted by Gasteiger charge is -2.47. The third kappa shape index (κ3) is 2.92. The molecule has 3 heterocycles. The molecule has 2 aliphatic rings. The Bertz CT molecular complexity index is 1100. The van der Waals surface area contributed by atoms with Gasteiger partial charge in [0.25, 0.3) is 5.91 Å². The number of likely N-dealkylation sites (tertiary alicyclic amines) is 1. The van der Waals surface area contributed by atoms with E-state index in [-0.39, 0.29) is 11.5 Å². The Balaban J connectivity index is 1.43. The van der Waals surface area contributed by atoms with E-state index < -0.39 is 5.63 Å². The molecule has 2 aromatic carbocycles. The van der Waals surface area contributed by atoms with Crippen LogP contribution < -0.4 is 5.63 Å². The van der Waals surface area contributed by atoms with Crippen LogP contribution in [0, 0.1) is 0 Å². The number of hydrogen-bond acceptors (Lipinski definition) is 4. The summed E-state index contributed by atoms with van der Waals surface area (Å²) in [5, 5.41) is 0.857. The minimum atomic E-state index is -0.398. The van der Waals surface area contributed by atoms with E-state index in [0.29, 0.717) is 35.4 Å². The quantitative estimate of drug-likeness (QED) is 0.638. The molecule has 5 nitrogen and oxygen atoms in total. The molecule has 0 aliphatic carbocycles. The number of carbonyl (C=O) groups is 1. The molecule has 1 amide bonds. The number of rotatable bonds is 2. The van der Waals surface area contributed by atoms with E-state index in [0.717, 1.165) is 31.3 Å². The van der Waals surface area contributed by atoms with Gasteiger partial charge >= 0.3 is 5.63 Å². The molecule has 2 aliphatic heterocycles. The Kier molecular flexibility index (Phi) is 4.05. The number of para-hydroxylation sites is 1. The van der Waals surface area contributed by atoms with E-state index in [1.54, 1.807) is 18.2 Å². The zero-order valence-corrected chi connectivity index (χ0v) is 15.5. The molecule has 0 unspecified atom stereocenters. The maximum absolute atomic E-state index is 13.0. The summed E-state index contributed by atoms with van der Waals surface area (Å²) in [6.07, 6.45) is 2.89. The van der Waals surface area contributed by atoms with Crippen LogP contribution >= 0.6 is 0 Å². The summed E-state index contributed by atoms with van der Waals surface area (Å²) in [5.74, 6) is 0.00111. The van der Waals surface area contributed by atoms with Crippen LogP contribution in [-0.4, -0.2) is 36.1 Å². The molecular weight excluding hydrogens is 354 g/mol. The van der Waals surface area contributed by atoms with Crippen molar-refractivity contribution in [1.29, 1.82) is 0 Å². The lowest BCUT2D eigenvalue weighted by atomic mass is 9.84. The first kappa shape index (κ1) is 17.2. The largest absolute Gasteiger partial charge is 0.422 e. The van der Waals surface area contributed by atoms with E-state index in [4.69, 9.17) is 9.15 Å². The fourth-order valence-electron chi connectivity index (χ4n) is 4.17. The van der Waals surface area contributed by atoms with E-state index >= 15 is 0 Å². The van der Waals surface area contributed by atoms with Gasteiger partial charge in [0.05, 0.1) is 17.8 Å². The second-order valence-corrected chi connectivity index (χ2v) is 7.64. The highest BCUT2D eigenvalue weighted by molar-refractivity contribution is 5.95. The molecule has 0 radical (unpaired) electrons. The van der Waals surface area contributed by atoms with Crippen LogP contribution in [0.1, 0.15) is 29.6 Å². The van der Waals surface area contributed by atoms with Gasteiger partial charge in [-0.1, -0.05) is 30.3 Å². The van der Waals surface area contributed by atoms with Crippen LogP contribution in [0.5, 0.6) is 0 Å². The van der Waals surface area contributed by atoms with Gasteiger partial charge in [0.2, 0.25) is 0 Å². The first-order valence-corrected chi connectivity index (χ1v) is 9.70. The van der Waals surface area contributed by atoms with Crippen LogP contribution in [0.3, 0.4) is 0 Å². The van der Waals surface area contributed by atoms with Gasteiger partial charge in [-0.15, -0.1) is 0 Å². The molecular formula is C23H21NO4. The summed E-state index contributed by atoms with van der Waals surface area (Å²) in [5.41, 5.74) is 1.93. The highest BCUT2D eigenvalue weighted by Gasteiger charge is 2.42. The summed E-state index contributed by atoms with van der Waals surface area (Å²) >= 11 is 0. The van der Waals surface area contributed by atoms with Crippen molar-refractivity contribution in [1.82, 2.24) is 4.90 Å². The van der Waals surface area contributed by atoms with Gasteiger partial charge in [0, 0.05) is 24.0 Å². The first-order valence-electron chi connectivity index (χ1n) is 9.70. The number of amides is 1. The monoisotopic (exact) mass is 375 g/mol. The molecule has 0 saturated carbocycles. The third-order valence-electron chi connectivity index (χ3n) is 5.99. The van der Waals surface area contributed by atoms with Crippen LogP contribution in [0.2, 0.25) is 0 Å². The Hall–Kier alpha value is -2.92. The van der Waals surface area contributed by atoms with Crippen molar-refractivity contribution in [3.05, 3.63) is 70.6 Å². The number of benzene rings is 2. The molecule has 1 aromatic heterocycles. The van der Waals surface area contributed by atoms with Gasteiger partial charge in [-0.2, -0.15) is 0 Å². The Morgan fingerprint density at radius 3 is 2.50 bits per heavy atom. The minimum absolute atomic E-state index is 0.00111. The fraction of sp³-hybridized carbons (Fsp3) is 0.304. The van der Waals surface area contributed by atoms with Crippen molar-refractivity contribution in [2.45, 2.75) is 24.9 Å². The smallest absolute Gasteiger partial charge is 0.344 e. The maximum Gasteiger partial charge on any atom is 0.344 e. The van der Waals surface area contributed by atoms with Crippen molar-refractivity contribution >= 4 is 16.9 Å². The van der Waals surface area contributed by atoms with Crippen molar-refractivity contribution < 1.29 is 13.9 Å². The first-order chi connectivity index (χ1) is 13.6. The van der Waals surface area contributed by atoms with E-state index in [2.05, 4.69) is 0 Å². The molecule has 0 atom stereocenters. The number of hydrogen-bond donors (Lipinski definition) is 0. The number of piperidine rings is 1. The molecule has 0 N–H and O–H groups in total. The normalized spacial score (nSPS) is 18.2. The van der Waals surface area contributed by atoms with Crippen LogP contribution in [-0.2, 0) is 4.74 Å². The van der Waals surface area contributed by atoms with Gasteiger partial charge in [0.15, 0.2) is 0 Å². The van der Waals surface area contributed by atoms with Crippen molar-refractivity contribution in [2.75, 3.05) is 19.7 Å². The molecule has 3 aromatic rings. The molecule has 142 valence electrons. The SMILES string of the molecule is O=C(c1cccc(-c2cc3ccccc3oc2=O)c1)N1CCC2(CCO2)CC1. The van der Waals surface area contributed by atoms with Gasteiger partial charge in [-0.25, -0.2) is 4.79 Å². The topological polar surface area (TPSA) is 59.8 Å². The van der Waals surface area contributed by atoms with Crippen molar-refractivity contribution in [3.63, 3.8) is 0 Å². The van der Waals surface area contributed by atoms with E-state index in [1.807, 2.05) is 41.3 Å². The summed E-state index contributed by atoms with van der Waals surface area (Å²) in [4.78, 5) is 27.3. The molecule has 5 rings (SSSR count). The van der Waals surface area contributed by atoms with Crippen LogP contribution in [0.25, 0.3) is 22.1 Å². The zero-order chi connectivity index (χ0) is 19.1. The van der Waals surface area contributed by atoms with Gasteiger partial charge in [0.1, 0.15) is 5.58 Å². The third-order valence-corrected chi connectivity index (χ3v) is 5.99. The number of nitrogens with zero attached hydrogens (tertiary/aromatic N) is 1. The predicted octanol–water partition coefficient (Wildman–Crippen LogP) is 3.86. The van der Waals surface area contributed by atoms with E-state index in [1.165, 1.54) is 0 Å². The molecule has 0 bridgehead atoms. The molecule has 2 fully saturated rings. The number of fused-ring (bicyclic) bond motifs is 1. The maximum atomic E-state index is 13.0. The lowest BCUT2D eigenvalue weighted by Crippen LogP contribution is -2.53. The molecule has 1 spiro atoms. The Labute approximate surface area is 162 Å². The molecule has 28 heavy (non-hydrogen) atoms. The average molecular weight is 375 g/mol. The van der Waals surface area contributed by atoms with Gasteiger partial charge in [-0.05, 0) is 49.1 Å². The highest BCUT2D eigenvalue weighted by atomic mass is 16.5. The van der Waals surface area contributed by atoms with Crippen LogP contribution in [0.15, 0.2) is 63.8 Å². The Morgan fingerprint density at radius 2 is 1.75 bits per heavy atom. The second kappa shape index (κ2) is 6.60. The Morgan fingerprint density at radius 1 is 0.964 bits per heavy atom. The lowest BCUT2D eigenvalue weighted by molar-refractivity contribution is -0.169. The molecule has 5 heteroatoms. The second-order valence-electron chi connectivity index (χ2n) is 7.64. The number of carbonyl (C=O) groups excluding carboxylic acids is 1. The summed E-state index contributed by atoms with van der Waals surface area (Å²) < 4.78 is 11.2. The summed E-state index contributed by atoms with van der Waals surface area (Å²) in [6.45, 7) is 2.26. The van der Waals surface area contributed by atoms with Crippen LogP contribution in [0.4, 0.5) is 0 Å². The summed E-state index contributed by atoms with van der Waals surface area (Å²) in [6, 6.07) is 16.5. The average Bonchev–Trinajstić information content (AvgIpc) is 2.72. The van der Waals surface area contributed by atoms with Gasteiger partial charge < -0.3 is 14.1 Å². The fourth-order valence-corrected chi connectivity index (χ4v) is 4.17. The predicted molar refractivity (Wildman–Crippen MR) is 106 cm³/mol. The number of ether oxygens (including phenoxy) is 1. The standard InChI is InChI=1S/C23H21NO4/c25-21(24-11-8-23(9-12-24)10-13-27-23)18-6-3-5-16(14-18)19-15-17-4-1-2-7-20(17)28-22(19)26/h1-7,14-15H,8-13H2. The van der Waals surface area contributed by atoms with Crippen molar-refractivity contribution in [2.24, 2.45) is 0 Å².